The van der Waals surface area contributed by atoms with E-state index >= 15 is 0 Å². The van der Waals surface area contributed by atoms with Crippen LogP contribution in [-0.4, -0.2) is 26.6 Å². The monoisotopic (exact) mass is 408 g/mol. The number of anilines is 1. The van der Waals surface area contributed by atoms with Crippen LogP contribution in [0.25, 0.3) is 10.2 Å². The highest BCUT2D eigenvalue weighted by atomic mass is 35.5. The van der Waals surface area contributed by atoms with Crippen LogP contribution in [0.2, 0.25) is 5.02 Å². The number of nitro benzene ring substituents is 1. The van der Waals surface area contributed by atoms with Crippen LogP contribution in [0.15, 0.2) is 29.6 Å². The van der Waals surface area contributed by atoms with Gasteiger partial charge in [-0.25, -0.2) is 9.97 Å². The van der Waals surface area contributed by atoms with Crippen LogP contribution in [0.1, 0.15) is 10.4 Å². The highest BCUT2D eigenvalue weighted by Gasteiger charge is 2.16. The van der Waals surface area contributed by atoms with Crippen molar-refractivity contribution in [3.05, 3.63) is 50.1 Å². The lowest BCUT2D eigenvalue weighted by atomic mass is 10.2. The van der Waals surface area contributed by atoms with Gasteiger partial charge in [0.1, 0.15) is 21.2 Å². The number of nitrogens with zero attached hydrogens (tertiary/aromatic N) is 3. The summed E-state index contributed by atoms with van der Waals surface area (Å²) in [5.41, 5.74) is 1.18. The molecule has 0 saturated heterocycles. The van der Waals surface area contributed by atoms with Crippen LogP contribution in [0.5, 0.6) is 0 Å². The third-order valence-corrected chi connectivity index (χ3v) is 6.12. The van der Waals surface area contributed by atoms with Crippen LogP contribution < -0.4 is 5.32 Å². The number of fused-ring (bicyclic) bond motifs is 1. The van der Waals surface area contributed by atoms with Crippen molar-refractivity contribution >= 4 is 62.2 Å². The molecule has 3 rings (SSSR count). The Morgan fingerprint density at radius 1 is 1.38 bits per heavy atom. The Bertz CT molecular complexity index is 1020. The summed E-state index contributed by atoms with van der Waals surface area (Å²) in [7, 11) is 0. The Labute approximate surface area is 162 Å². The number of benzene rings is 1. The topological polar surface area (TPSA) is 98.0 Å². The Kier molecular flexibility index (Phi) is 5.40. The number of rotatable bonds is 5. The summed E-state index contributed by atoms with van der Waals surface area (Å²) in [6, 6.07) is 4.14. The molecule has 1 N–H and O–H groups in total. The molecule has 0 atom stereocenters. The summed E-state index contributed by atoms with van der Waals surface area (Å²) >= 11 is 8.67. The minimum absolute atomic E-state index is 0.0223. The predicted octanol–water partition coefficient (Wildman–Crippen LogP) is 4.60. The largest absolute Gasteiger partial charge is 0.325 e. The number of hydrogen-bond donors (Lipinski definition) is 1. The van der Waals surface area contributed by atoms with Crippen LogP contribution in [-0.2, 0) is 4.79 Å². The standard InChI is InChI=1S/C16H13ClN4O3S2/c1-8-9(2)26-16-14(8)15(18-7-19-16)25-6-13(22)20-10-3-4-11(17)12(5-10)21(23)24/h3-5,7H,6H2,1-2H3,(H,20,22). The lowest BCUT2D eigenvalue weighted by Gasteiger charge is -2.06. The maximum atomic E-state index is 12.2. The van der Waals surface area contributed by atoms with Crippen molar-refractivity contribution in [3.63, 3.8) is 0 Å². The van der Waals surface area contributed by atoms with E-state index in [0.29, 0.717) is 5.69 Å². The molecule has 1 amide bonds. The Balaban J connectivity index is 1.72. The van der Waals surface area contributed by atoms with Gasteiger partial charge in [0.2, 0.25) is 5.91 Å². The zero-order valence-corrected chi connectivity index (χ0v) is 16.2. The molecule has 26 heavy (non-hydrogen) atoms. The minimum atomic E-state index is -0.591. The number of amides is 1. The van der Waals surface area contributed by atoms with Gasteiger partial charge in [-0.2, -0.15) is 0 Å². The van der Waals surface area contributed by atoms with Crippen molar-refractivity contribution in [3.8, 4) is 0 Å². The molecule has 1 aromatic carbocycles. The normalized spacial score (nSPS) is 10.9. The third kappa shape index (κ3) is 3.79. The van der Waals surface area contributed by atoms with E-state index in [1.165, 1.54) is 41.2 Å². The second-order valence-corrected chi connectivity index (χ2v) is 7.98. The van der Waals surface area contributed by atoms with Crippen molar-refractivity contribution in [1.29, 1.82) is 0 Å². The number of thioether (sulfide) groups is 1. The van der Waals surface area contributed by atoms with Gasteiger partial charge < -0.3 is 5.32 Å². The fourth-order valence-corrected chi connectivity index (χ4v) is 4.42. The zero-order chi connectivity index (χ0) is 18.8. The maximum Gasteiger partial charge on any atom is 0.289 e. The van der Waals surface area contributed by atoms with E-state index < -0.39 is 4.92 Å². The molecule has 0 saturated carbocycles. The van der Waals surface area contributed by atoms with Crippen LogP contribution in [0.4, 0.5) is 11.4 Å². The molecule has 0 aliphatic carbocycles. The number of carbonyl (C=O) groups excluding carboxylic acids is 1. The Morgan fingerprint density at radius 3 is 2.88 bits per heavy atom. The average molecular weight is 409 g/mol. The molecule has 3 aromatic rings. The first kappa shape index (κ1) is 18.6. The number of thiophene rings is 1. The smallest absolute Gasteiger partial charge is 0.289 e. The number of aromatic nitrogens is 2. The minimum Gasteiger partial charge on any atom is -0.325 e. The summed E-state index contributed by atoms with van der Waals surface area (Å²) < 4.78 is 0. The molecule has 0 radical (unpaired) electrons. The van der Waals surface area contributed by atoms with Crippen molar-refractivity contribution in [2.75, 3.05) is 11.1 Å². The first-order valence-electron chi connectivity index (χ1n) is 7.44. The van der Waals surface area contributed by atoms with E-state index in [2.05, 4.69) is 15.3 Å². The van der Waals surface area contributed by atoms with Crippen molar-refractivity contribution < 1.29 is 9.72 Å². The summed E-state index contributed by atoms with van der Waals surface area (Å²) in [4.78, 5) is 33.1. The molecule has 0 fully saturated rings. The number of carbonyl (C=O) groups is 1. The van der Waals surface area contributed by atoms with E-state index in [1.807, 2.05) is 13.8 Å². The molecule has 0 aliphatic heterocycles. The van der Waals surface area contributed by atoms with Gasteiger partial charge in [-0.15, -0.1) is 11.3 Å². The van der Waals surface area contributed by atoms with Gasteiger partial charge in [0.25, 0.3) is 5.69 Å². The van der Waals surface area contributed by atoms with Crippen molar-refractivity contribution in [2.24, 2.45) is 0 Å². The molecule has 10 heteroatoms. The number of nitro groups is 1. The van der Waals surface area contributed by atoms with Crippen LogP contribution in [0.3, 0.4) is 0 Å². The third-order valence-electron chi connectivity index (χ3n) is 3.70. The summed E-state index contributed by atoms with van der Waals surface area (Å²) in [6.07, 6.45) is 1.49. The fourth-order valence-electron chi connectivity index (χ4n) is 2.32. The number of hydrogen-bond acceptors (Lipinski definition) is 7. The van der Waals surface area contributed by atoms with E-state index in [-0.39, 0.29) is 22.4 Å². The average Bonchev–Trinajstić information content (AvgIpc) is 2.89. The quantitative estimate of drug-likeness (QED) is 0.286. The molecular formula is C16H13ClN4O3S2. The molecule has 134 valence electrons. The number of nitrogens with one attached hydrogen (secondary N) is 1. The second kappa shape index (κ2) is 7.56. The van der Waals surface area contributed by atoms with Crippen LogP contribution in [0, 0.1) is 24.0 Å². The van der Waals surface area contributed by atoms with Crippen LogP contribution >= 0.6 is 34.7 Å². The molecule has 0 spiro atoms. The van der Waals surface area contributed by atoms with Gasteiger partial charge in [-0.3, -0.25) is 14.9 Å². The maximum absolute atomic E-state index is 12.2. The van der Waals surface area contributed by atoms with E-state index in [4.69, 9.17) is 11.6 Å². The molecule has 2 aromatic heterocycles. The van der Waals surface area contributed by atoms with E-state index in [0.717, 1.165) is 20.8 Å². The molecule has 0 aliphatic rings. The van der Waals surface area contributed by atoms with Gasteiger partial charge in [-0.05, 0) is 31.5 Å². The lowest BCUT2D eigenvalue weighted by Crippen LogP contribution is -2.14. The number of aryl methyl sites for hydroxylation is 2. The summed E-state index contributed by atoms with van der Waals surface area (Å²) in [6.45, 7) is 4.03. The van der Waals surface area contributed by atoms with E-state index in [9.17, 15) is 14.9 Å². The highest BCUT2D eigenvalue weighted by Crippen LogP contribution is 2.34. The van der Waals surface area contributed by atoms with Gasteiger partial charge in [0.15, 0.2) is 0 Å². The van der Waals surface area contributed by atoms with Crippen molar-refractivity contribution in [2.45, 2.75) is 18.9 Å². The Hall–Kier alpha value is -2.23. The van der Waals surface area contributed by atoms with Crippen molar-refractivity contribution in [1.82, 2.24) is 9.97 Å². The highest BCUT2D eigenvalue weighted by molar-refractivity contribution is 8.00. The van der Waals surface area contributed by atoms with Gasteiger partial charge in [-0.1, -0.05) is 23.4 Å². The summed E-state index contributed by atoms with van der Waals surface area (Å²) in [5, 5.41) is 15.3. The van der Waals surface area contributed by atoms with E-state index in [1.54, 1.807) is 11.3 Å². The van der Waals surface area contributed by atoms with Gasteiger partial charge >= 0.3 is 0 Å². The van der Waals surface area contributed by atoms with Gasteiger partial charge in [0.05, 0.1) is 10.7 Å². The predicted molar refractivity (Wildman–Crippen MR) is 104 cm³/mol. The zero-order valence-electron chi connectivity index (χ0n) is 13.8. The molecule has 7 nitrogen and oxygen atoms in total. The first-order valence-corrected chi connectivity index (χ1v) is 9.62. The molecular weight excluding hydrogens is 396 g/mol. The molecule has 2 heterocycles. The first-order chi connectivity index (χ1) is 12.4. The lowest BCUT2D eigenvalue weighted by molar-refractivity contribution is -0.384. The SMILES string of the molecule is Cc1sc2ncnc(SCC(=O)Nc3ccc(Cl)c([N+](=O)[O-])c3)c2c1C. The van der Waals surface area contributed by atoms with Gasteiger partial charge in [0, 0.05) is 22.0 Å². The fraction of sp³-hybridized carbons (Fsp3) is 0.188. The Morgan fingerprint density at radius 2 is 2.15 bits per heavy atom. The summed E-state index contributed by atoms with van der Waals surface area (Å²) in [5.74, 6) is -0.167. The number of halogens is 1. The second-order valence-electron chi connectivity index (χ2n) is 5.40. The molecule has 0 bridgehead atoms. The molecule has 0 unspecified atom stereocenters.